The van der Waals surface area contributed by atoms with E-state index in [9.17, 15) is 22.7 Å². The number of aromatic nitrogens is 3. The number of anilines is 2. The van der Waals surface area contributed by atoms with Crippen LogP contribution in [0.5, 0.6) is 0 Å². The molecule has 2 aromatic heterocycles. The first kappa shape index (κ1) is 25.0. The Morgan fingerprint density at radius 2 is 1.55 bits per heavy atom. The Kier molecular flexibility index (Phi) is 6.45. The number of aliphatic hydroxyl groups is 1. The molecule has 2 N–H and O–H groups in total. The lowest BCUT2D eigenvalue weighted by Gasteiger charge is -2.30. The average molecular weight is 528 g/mol. The van der Waals surface area contributed by atoms with Gasteiger partial charge in [-0.15, -0.1) is 0 Å². The van der Waals surface area contributed by atoms with Gasteiger partial charge in [-0.25, -0.2) is 27.5 Å². The van der Waals surface area contributed by atoms with E-state index in [1.165, 1.54) is 12.3 Å². The molecule has 200 valence electrons. The molecule has 0 radical (unpaired) electrons. The summed E-state index contributed by atoms with van der Waals surface area (Å²) < 4.78 is 56.7. The van der Waals surface area contributed by atoms with Crippen LogP contribution < -0.4 is 10.2 Å². The Bertz CT molecular complexity index is 1290. The third-order valence-corrected chi connectivity index (χ3v) is 8.24. The number of rotatable bonds is 6. The Hall–Kier alpha value is -3.27. The van der Waals surface area contributed by atoms with E-state index < -0.39 is 23.8 Å². The summed E-state index contributed by atoms with van der Waals surface area (Å²) in [6.07, 6.45) is 7.63. The zero-order valence-corrected chi connectivity index (χ0v) is 20.8. The smallest absolute Gasteiger partial charge is 0.248 e. The number of benzene rings is 1. The van der Waals surface area contributed by atoms with E-state index in [1.54, 1.807) is 12.4 Å². The van der Waals surface area contributed by atoms with E-state index in [1.807, 2.05) is 0 Å². The van der Waals surface area contributed by atoms with Crippen molar-refractivity contribution in [1.82, 2.24) is 15.0 Å². The van der Waals surface area contributed by atoms with Crippen molar-refractivity contribution in [3.05, 3.63) is 65.7 Å². The van der Waals surface area contributed by atoms with Crippen molar-refractivity contribution in [2.45, 2.75) is 81.5 Å². The van der Waals surface area contributed by atoms with Gasteiger partial charge in [-0.3, -0.25) is 4.98 Å². The fourth-order valence-corrected chi connectivity index (χ4v) is 6.25. The van der Waals surface area contributed by atoms with Gasteiger partial charge in [0.1, 0.15) is 11.6 Å². The first-order chi connectivity index (χ1) is 18.3. The monoisotopic (exact) mass is 527 g/mol. The molecule has 1 aromatic carbocycles. The van der Waals surface area contributed by atoms with E-state index in [0.29, 0.717) is 29.3 Å². The Morgan fingerprint density at radius 3 is 2.21 bits per heavy atom. The molecule has 10 heteroatoms. The van der Waals surface area contributed by atoms with Gasteiger partial charge >= 0.3 is 0 Å². The van der Waals surface area contributed by atoms with Crippen molar-refractivity contribution in [2.24, 2.45) is 0 Å². The third-order valence-electron chi connectivity index (χ3n) is 8.24. The Balaban J connectivity index is 1.32. The van der Waals surface area contributed by atoms with Gasteiger partial charge < -0.3 is 15.3 Å². The summed E-state index contributed by atoms with van der Waals surface area (Å²) >= 11 is 0. The maximum atomic E-state index is 14.8. The molecule has 0 amide bonds. The molecule has 1 aliphatic carbocycles. The van der Waals surface area contributed by atoms with Gasteiger partial charge in [0.2, 0.25) is 11.9 Å². The highest BCUT2D eigenvalue weighted by Crippen LogP contribution is 2.45. The normalized spacial score (nSPS) is 23.6. The number of aliphatic hydroxyl groups excluding tert-OH is 1. The number of pyridine rings is 1. The Morgan fingerprint density at radius 1 is 0.895 bits per heavy atom. The number of hydrogen-bond acceptors (Lipinski definition) is 6. The molecule has 1 atom stereocenters. The van der Waals surface area contributed by atoms with Crippen LogP contribution in [0.25, 0.3) is 11.1 Å². The van der Waals surface area contributed by atoms with Crippen molar-refractivity contribution in [1.29, 1.82) is 0 Å². The van der Waals surface area contributed by atoms with Gasteiger partial charge in [0.25, 0.3) is 0 Å². The van der Waals surface area contributed by atoms with Crippen molar-refractivity contribution >= 4 is 11.6 Å². The van der Waals surface area contributed by atoms with E-state index in [2.05, 4.69) is 25.2 Å². The van der Waals surface area contributed by atoms with Crippen LogP contribution in [-0.4, -0.2) is 38.1 Å². The molecule has 2 saturated heterocycles. The quantitative estimate of drug-likeness (QED) is 0.288. The summed E-state index contributed by atoms with van der Waals surface area (Å²) in [5.41, 5.74) is 1.37. The summed E-state index contributed by atoms with van der Waals surface area (Å²) in [6, 6.07) is 5.57. The van der Waals surface area contributed by atoms with E-state index in [-0.39, 0.29) is 48.4 Å². The van der Waals surface area contributed by atoms with Gasteiger partial charge in [-0.05, 0) is 62.8 Å². The van der Waals surface area contributed by atoms with Crippen LogP contribution in [0.3, 0.4) is 0 Å². The van der Waals surface area contributed by atoms with Crippen molar-refractivity contribution in [3.8, 4) is 11.1 Å². The van der Waals surface area contributed by atoms with Gasteiger partial charge in [-0.2, -0.15) is 0 Å². The zero-order valence-electron chi connectivity index (χ0n) is 20.8. The predicted molar refractivity (Wildman–Crippen MR) is 135 cm³/mol. The maximum Gasteiger partial charge on any atom is 0.248 e. The van der Waals surface area contributed by atoms with E-state index in [0.717, 1.165) is 43.9 Å². The molecule has 2 aliphatic heterocycles. The van der Waals surface area contributed by atoms with Crippen molar-refractivity contribution in [2.75, 3.05) is 10.2 Å². The summed E-state index contributed by atoms with van der Waals surface area (Å²) in [6.45, 7) is 0. The molecule has 3 aromatic rings. The second kappa shape index (κ2) is 9.80. The SMILES string of the molecule is OC(Nc1c(-c2cc(F)ccc2F)ccnc1C1CCC(F)(F)CC1)c1cnc(N2C3CCC2CC3)nc1. The highest BCUT2D eigenvalue weighted by atomic mass is 19.3. The second-order valence-corrected chi connectivity index (χ2v) is 10.6. The lowest BCUT2D eigenvalue weighted by Crippen LogP contribution is -2.30. The molecule has 6 rings (SSSR count). The van der Waals surface area contributed by atoms with Crippen molar-refractivity contribution in [3.63, 3.8) is 0 Å². The van der Waals surface area contributed by atoms with Crippen LogP contribution in [0.15, 0.2) is 42.9 Å². The first-order valence-corrected chi connectivity index (χ1v) is 13.2. The second-order valence-electron chi connectivity index (χ2n) is 10.6. The van der Waals surface area contributed by atoms with Crippen LogP contribution >= 0.6 is 0 Å². The van der Waals surface area contributed by atoms with Crippen LogP contribution in [0, 0.1) is 11.6 Å². The fraction of sp³-hybridized carbons (Fsp3) is 0.464. The predicted octanol–water partition coefficient (Wildman–Crippen LogP) is 6.34. The minimum atomic E-state index is -2.73. The number of nitrogens with zero attached hydrogens (tertiary/aromatic N) is 4. The third kappa shape index (κ3) is 4.70. The van der Waals surface area contributed by atoms with E-state index in [4.69, 9.17) is 0 Å². The van der Waals surface area contributed by atoms with Gasteiger partial charge in [0.15, 0.2) is 6.23 Å². The highest BCUT2D eigenvalue weighted by Gasteiger charge is 2.41. The Labute approximate surface area is 218 Å². The average Bonchev–Trinajstić information content (AvgIpc) is 3.51. The number of hydrogen-bond donors (Lipinski definition) is 2. The summed E-state index contributed by atoms with van der Waals surface area (Å²) in [7, 11) is 0. The fourth-order valence-electron chi connectivity index (χ4n) is 6.25. The lowest BCUT2D eigenvalue weighted by molar-refractivity contribution is -0.0384. The summed E-state index contributed by atoms with van der Waals surface area (Å²) in [5.74, 6) is -3.69. The summed E-state index contributed by atoms with van der Waals surface area (Å²) in [4.78, 5) is 15.7. The van der Waals surface area contributed by atoms with Crippen LogP contribution in [0.4, 0.5) is 29.2 Å². The van der Waals surface area contributed by atoms with Gasteiger partial charge in [0.05, 0.1) is 11.4 Å². The summed E-state index contributed by atoms with van der Waals surface area (Å²) in [5, 5.41) is 14.1. The standard InChI is InChI=1S/C28H29F4N5O/c29-18-1-6-23(30)22(13-18)21-9-12-33-24(16-7-10-28(31,32)11-8-16)25(21)36-26(38)17-14-34-27(35-15-17)37-19-2-3-20(37)5-4-19/h1,6,9,12-16,19-20,26,36,38H,2-5,7-8,10-11H2. The highest BCUT2D eigenvalue weighted by molar-refractivity contribution is 5.80. The molecule has 0 spiro atoms. The van der Waals surface area contributed by atoms with E-state index >= 15 is 0 Å². The number of fused-ring (bicyclic) bond motifs is 2. The molecule has 4 heterocycles. The number of halogens is 4. The molecule has 3 aliphatic rings. The van der Waals surface area contributed by atoms with Gasteiger partial charge in [-0.1, -0.05) is 0 Å². The van der Waals surface area contributed by atoms with Crippen LogP contribution in [0.2, 0.25) is 0 Å². The molecule has 38 heavy (non-hydrogen) atoms. The number of alkyl halides is 2. The molecule has 1 saturated carbocycles. The zero-order chi connectivity index (χ0) is 26.4. The maximum absolute atomic E-state index is 14.8. The molecule has 3 fully saturated rings. The minimum Gasteiger partial charge on any atom is -0.369 e. The van der Waals surface area contributed by atoms with Crippen LogP contribution in [0.1, 0.15) is 74.8 Å². The largest absolute Gasteiger partial charge is 0.369 e. The molecular weight excluding hydrogens is 498 g/mol. The topological polar surface area (TPSA) is 74.2 Å². The molecule has 2 bridgehead atoms. The van der Waals surface area contributed by atoms with Crippen LogP contribution in [-0.2, 0) is 0 Å². The minimum absolute atomic E-state index is 0.0133. The molecule has 6 nitrogen and oxygen atoms in total. The van der Waals surface area contributed by atoms with Gasteiger partial charge in [0, 0.05) is 66.1 Å². The lowest BCUT2D eigenvalue weighted by atomic mass is 9.83. The first-order valence-electron chi connectivity index (χ1n) is 13.2. The van der Waals surface area contributed by atoms with Crippen molar-refractivity contribution < 1.29 is 22.7 Å². The number of nitrogens with one attached hydrogen (secondary N) is 1. The molecular formula is C28H29F4N5O. The molecule has 1 unspecified atom stereocenters.